The molecular formula is C42H47N3O4. The van der Waals surface area contributed by atoms with E-state index in [4.69, 9.17) is 9.47 Å². The number of ether oxygens (including phenoxy) is 2. The minimum atomic E-state index is -0.547. The van der Waals surface area contributed by atoms with E-state index >= 15 is 0 Å². The fourth-order valence-corrected chi connectivity index (χ4v) is 6.59. The maximum Gasteiger partial charge on any atom is 0.315 e. The van der Waals surface area contributed by atoms with Gasteiger partial charge in [0.15, 0.2) is 6.29 Å². The third-order valence-corrected chi connectivity index (χ3v) is 9.74. The van der Waals surface area contributed by atoms with Crippen LogP contribution in [0.4, 0.5) is 4.79 Å². The van der Waals surface area contributed by atoms with Gasteiger partial charge in [-0.15, -0.1) is 0 Å². The lowest BCUT2D eigenvalue weighted by atomic mass is 9.89. The zero-order valence-corrected chi connectivity index (χ0v) is 28.8. The lowest BCUT2D eigenvalue weighted by Crippen LogP contribution is -2.44. The van der Waals surface area contributed by atoms with Gasteiger partial charge in [0.05, 0.1) is 18.8 Å². The van der Waals surface area contributed by atoms with Crippen LogP contribution < -0.4 is 10.6 Å². The molecule has 7 heteroatoms. The molecule has 2 amide bonds. The molecule has 5 aromatic carbocycles. The van der Waals surface area contributed by atoms with Gasteiger partial charge < -0.3 is 25.2 Å². The summed E-state index contributed by atoms with van der Waals surface area (Å²) in [5.41, 5.74) is 7.35. The van der Waals surface area contributed by atoms with Crippen molar-refractivity contribution < 1.29 is 19.4 Å². The topological polar surface area (TPSA) is 83.1 Å². The molecule has 1 aliphatic rings. The van der Waals surface area contributed by atoms with E-state index in [2.05, 4.69) is 127 Å². The van der Waals surface area contributed by atoms with Crippen LogP contribution in [-0.4, -0.2) is 42.3 Å². The van der Waals surface area contributed by atoms with Crippen LogP contribution in [0, 0.1) is 5.92 Å². The van der Waals surface area contributed by atoms with Gasteiger partial charge in [-0.3, -0.25) is 4.90 Å². The van der Waals surface area contributed by atoms with Crippen molar-refractivity contribution in [3.05, 3.63) is 143 Å². The molecule has 0 saturated carbocycles. The quantitative estimate of drug-likeness (QED) is 0.133. The van der Waals surface area contributed by atoms with Crippen molar-refractivity contribution in [2.45, 2.75) is 58.5 Å². The molecule has 0 aliphatic carbocycles. The Hall–Kier alpha value is -4.53. The van der Waals surface area contributed by atoms with Crippen molar-refractivity contribution in [2.75, 3.05) is 20.1 Å². The molecule has 1 aliphatic heterocycles. The van der Waals surface area contributed by atoms with E-state index in [9.17, 15) is 9.90 Å². The summed E-state index contributed by atoms with van der Waals surface area (Å²) in [4.78, 5) is 14.3. The second kappa shape index (κ2) is 15.8. The van der Waals surface area contributed by atoms with Crippen LogP contribution in [-0.2, 0) is 22.6 Å². The molecule has 0 bridgehead atoms. The third-order valence-electron chi connectivity index (χ3n) is 9.74. The maximum atomic E-state index is 11.9. The van der Waals surface area contributed by atoms with Gasteiger partial charge in [0.2, 0.25) is 0 Å². The molecule has 1 fully saturated rings. The number of amides is 2. The highest BCUT2D eigenvalue weighted by Crippen LogP contribution is 2.42. The van der Waals surface area contributed by atoms with E-state index in [0.29, 0.717) is 13.1 Å². The Morgan fingerprint density at radius 3 is 2.27 bits per heavy atom. The van der Waals surface area contributed by atoms with Crippen LogP contribution in [0.25, 0.3) is 21.9 Å². The van der Waals surface area contributed by atoms with Gasteiger partial charge in [0.25, 0.3) is 0 Å². The number of aliphatic hydroxyl groups excluding tert-OH is 1. The number of nitrogens with one attached hydrogen (secondary N) is 2. The molecular weight excluding hydrogens is 610 g/mol. The summed E-state index contributed by atoms with van der Waals surface area (Å²) in [6, 6.07) is 39.8. The van der Waals surface area contributed by atoms with Crippen LogP contribution in [0.15, 0.2) is 115 Å². The largest absolute Gasteiger partial charge is 0.392 e. The first-order valence-electron chi connectivity index (χ1n) is 17.2. The minimum Gasteiger partial charge on any atom is -0.392 e. The van der Waals surface area contributed by atoms with Crippen molar-refractivity contribution in [1.82, 2.24) is 15.5 Å². The van der Waals surface area contributed by atoms with Gasteiger partial charge in [-0.2, -0.15) is 0 Å². The highest BCUT2D eigenvalue weighted by molar-refractivity contribution is 5.83. The average Bonchev–Trinajstić information content (AvgIpc) is 3.14. The summed E-state index contributed by atoms with van der Waals surface area (Å²) in [7, 11) is 2.17. The number of carbonyl (C=O) groups is 1. The van der Waals surface area contributed by atoms with E-state index in [1.54, 1.807) is 0 Å². The molecule has 6 rings (SSSR count). The summed E-state index contributed by atoms with van der Waals surface area (Å²) in [5, 5.41) is 17.8. The highest BCUT2D eigenvalue weighted by atomic mass is 16.7. The Balaban J connectivity index is 1.21. The van der Waals surface area contributed by atoms with E-state index in [1.165, 1.54) is 16.3 Å². The molecule has 0 radical (unpaired) electrons. The first kappa shape index (κ1) is 34.3. The second-order valence-electron chi connectivity index (χ2n) is 13.1. The van der Waals surface area contributed by atoms with Crippen molar-refractivity contribution in [3.63, 3.8) is 0 Å². The zero-order chi connectivity index (χ0) is 34.3. The van der Waals surface area contributed by atoms with Gasteiger partial charge in [-0.25, -0.2) is 4.79 Å². The molecule has 0 unspecified atom stereocenters. The molecule has 1 saturated heterocycles. The number of carbonyl (C=O) groups excluding carboxylic acids is 1. The number of nitrogens with zero attached hydrogens (tertiary/aromatic N) is 1. The van der Waals surface area contributed by atoms with Crippen LogP contribution in [0.1, 0.15) is 67.0 Å². The lowest BCUT2D eigenvalue weighted by Gasteiger charge is -2.43. The molecule has 7 nitrogen and oxygen atoms in total. The molecule has 49 heavy (non-hydrogen) atoms. The van der Waals surface area contributed by atoms with Crippen LogP contribution in [0.3, 0.4) is 0 Å². The first-order chi connectivity index (χ1) is 23.8. The maximum absolute atomic E-state index is 11.9. The average molecular weight is 658 g/mol. The molecule has 0 aromatic heterocycles. The van der Waals surface area contributed by atoms with Gasteiger partial charge >= 0.3 is 6.03 Å². The fourth-order valence-electron chi connectivity index (χ4n) is 6.59. The minimum absolute atomic E-state index is 0.00707. The van der Waals surface area contributed by atoms with Gasteiger partial charge in [-0.05, 0) is 77.2 Å². The Bertz CT molecular complexity index is 1840. The van der Waals surface area contributed by atoms with Gasteiger partial charge in [0.1, 0.15) is 0 Å². The Morgan fingerprint density at radius 2 is 1.53 bits per heavy atom. The van der Waals surface area contributed by atoms with E-state index in [0.717, 1.165) is 39.9 Å². The van der Waals surface area contributed by atoms with Crippen molar-refractivity contribution in [2.24, 2.45) is 5.92 Å². The van der Waals surface area contributed by atoms with Gasteiger partial charge in [-0.1, -0.05) is 110 Å². The first-order valence-corrected chi connectivity index (χ1v) is 17.2. The molecule has 3 N–H and O–H groups in total. The van der Waals surface area contributed by atoms with E-state index in [-0.39, 0.29) is 36.8 Å². The Morgan fingerprint density at radius 1 is 0.796 bits per heavy atom. The third kappa shape index (κ3) is 8.20. The fraction of sp³-hybridized carbons (Fsp3) is 0.310. The standard InChI is InChI=1S/C42H47N3O4/c1-5-43-42(47)44-25-31-9-8-12-37(23-31)33-17-20-35(21-18-33)41-48-39(28(2)40(49-41)34-15-13-30(27-46)14-16-34)26-45(4)29(3)36-22-19-32-10-6-7-11-38(32)24-36/h6-24,28-29,39-41,46H,5,25-27H2,1-4H3,(H2,43,44,47)/t28-,29-,39+,40+,41+/m1/s1. The van der Waals surface area contributed by atoms with Crippen molar-refractivity contribution >= 4 is 16.8 Å². The zero-order valence-electron chi connectivity index (χ0n) is 28.8. The number of hydrogen-bond donors (Lipinski definition) is 3. The van der Waals surface area contributed by atoms with Crippen LogP contribution in [0.2, 0.25) is 0 Å². The van der Waals surface area contributed by atoms with Crippen molar-refractivity contribution in [3.8, 4) is 11.1 Å². The predicted octanol–water partition coefficient (Wildman–Crippen LogP) is 8.30. The highest BCUT2D eigenvalue weighted by Gasteiger charge is 2.39. The monoisotopic (exact) mass is 657 g/mol. The molecule has 5 aromatic rings. The Kier molecular flexibility index (Phi) is 11.1. The lowest BCUT2D eigenvalue weighted by molar-refractivity contribution is -0.276. The molecule has 254 valence electrons. The van der Waals surface area contributed by atoms with Crippen LogP contribution >= 0.6 is 0 Å². The number of hydrogen-bond acceptors (Lipinski definition) is 5. The van der Waals surface area contributed by atoms with Gasteiger partial charge in [0, 0.05) is 37.2 Å². The SMILES string of the molecule is CCNC(=O)NCc1cccc(-c2ccc([C@H]3O[C@@H](CN(C)[C@H](C)c4ccc5ccccc5c4)[C@@H](C)[C@@H](c4ccc(CO)cc4)O3)cc2)c1. The molecule has 5 atom stereocenters. The predicted molar refractivity (Wildman–Crippen MR) is 196 cm³/mol. The number of benzene rings is 5. The van der Waals surface area contributed by atoms with Crippen LogP contribution in [0.5, 0.6) is 0 Å². The summed E-state index contributed by atoms with van der Waals surface area (Å²) in [6.07, 6.45) is -0.827. The second-order valence-corrected chi connectivity index (χ2v) is 13.1. The number of rotatable bonds is 11. The number of likely N-dealkylation sites (N-methyl/N-ethyl adjacent to an activating group) is 1. The summed E-state index contributed by atoms with van der Waals surface area (Å²) >= 11 is 0. The normalized spacial score (nSPS) is 19.9. The smallest absolute Gasteiger partial charge is 0.315 e. The summed E-state index contributed by atoms with van der Waals surface area (Å²) in [6.45, 7) is 8.13. The number of fused-ring (bicyclic) bond motifs is 1. The molecule has 0 spiro atoms. The van der Waals surface area contributed by atoms with E-state index in [1.807, 2.05) is 31.2 Å². The summed E-state index contributed by atoms with van der Waals surface area (Å²) in [5.74, 6) is 0.0810. The number of aliphatic hydroxyl groups is 1. The summed E-state index contributed by atoms with van der Waals surface area (Å²) < 4.78 is 13.5. The molecule has 1 heterocycles. The number of urea groups is 1. The Labute approximate surface area is 289 Å². The van der Waals surface area contributed by atoms with E-state index < -0.39 is 6.29 Å². The van der Waals surface area contributed by atoms with Crippen molar-refractivity contribution in [1.29, 1.82) is 0 Å².